The van der Waals surface area contributed by atoms with Crippen molar-refractivity contribution in [3.63, 3.8) is 0 Å². The Morgan fingerprint density at radius 1 is 1.15 bits per heavy atom. The number of amides is 1. The maximum Gasteiger partial charge on any atom is 0.291 e. The molecule has 0 unspecified atom stereocenters. The summed E-state index contributed by atoms with van der Waals surface area (Å²) in [6.07, 6.45) is 0. The van der Waals surface area contributed by atoms with Crippen LogP contribution >= 0.6 is 0 Å². The smallest absolute Gasteiger partial charge is 0.291 e. The Bertz CT molecular complexity index is 886. The second-order valence-corrected chi connectivity index (χ2v) is 5.71. The molecule has 2 N–H and O–H groups in total. The first-order valence-corrected chi connectivity index (χ1v) is 8.20. The van der Waals surface area contributed by atoms with Crippen LogP contribution in [0.5, 0.6) is 5.75 Å². The van der Waals surface area contributed by atoms with Crippen molar-refractivity contribution in [1.82, 2.24) is 20.1 Å². The minimum atomic E-state index is -0.431. The molecule has 0 fully saturated rings. The van der Waals surface area contributed by atoms with Gasteiger partial charge in [0.25, 0.3) is 5.91 Å². The van der Waals surface area contributed by atoms with Gasteiger partial charge in [0.15, 0.2) is 5.82 Å². The number of aromatic nitrogens is 3. The van der Waals surface area contributed by atoms with Gasteiger partial charge in [0.2, 0.25) is 5.82 Å². The monoisotopic (exact) mass is 352 g/mol. The first-order valence-electron chi connectivity index (χ1n) is 8.20. The van der Waals surface area contributed by atoms with Gasteiger partial charge in [0, 0.05) is 12.1 Å². The van der Waals surface area contributed by atoms with Gasteiger partial charge in [0.05, 0.1) is 19.4 Å². The Balaban J connectivity index is 2.05. The lowest BCUT2D eigenvalue weighted by Gasteiger charge is -2.07. The highest BCUT2D eigenvalue weighted by atomic mass is 16.5. The summed E-state index contributed by atoms with van der Waals surface area (Å²) < 4.78 is 6.81. The standard InChI is InChI=1S/C19H20N4O3/c1-13-3-5-14(6-4-13)18-21-17(19(25)20-11-12-24)22-23(18)15-7-9-16(26-2)10-8-15/h3-10,24H,11-12H2,1-2H3,(H,20,25). The molecule has 1 heterocycles. The SMILES string of the molecule is COc1ccc(-n2nc(C(=O)NCCO)nc2-c2ccc(C)cc2)cc1. The molecule has 3 aromatic rings. The topological polar surface area (TPSA) is 89.3 Å². The molecule has 0 aliphatic rings. The first-order chi connectivity index (χ1) is 12.6. The number of aliphatic hydroxyl groups excluding tert-OH is 1. The molecule has 2 aromatic carbocycles. The zero-order valence-corrected chi connectivity index (χ0v) is 14.6. The highest BCUT2D eigenvalue weighted by molar-refractivity contribution is 5.91. The average Bonchev–Trinajstić information content (AvgIpc) is 3.12. The van der Waals surface area contributed by atoms with Crippen molar-refractivity contribution < 1.29 is 14.6 Å². The van der Waals surface area contributed by atoms with Crippen LogP contribution in [-0.2, 0) is 0 Å². The van der Waals surface area contributed by atoms with E-state index in [2.05, 4.69) is 15.4 Å². The Morgan fingerprint density at radius 2 is 1.85 bits per heavy atom. The first kappa shape index (κ1) is 17.6. The van der Waals surface area contributed by atoms with E-state index >= 15 is 0 Å². The Labute approximate surface area is 151 Å². The normalized spacial score (nSPS) is 10.6. The molecule has 0 saturated heterocycles. The fourth-order valence-electron chi connectivity index (χ4n) is 2.45. The van der Waals surface area contributed by atoms with Crippen molar-refractivity contribution in [1.29, 1.82) is 0 Å². The molecular formula is C19H20N4O3. The van der Waals surface area contributed by atoms with Gasteiger partial charge in [-0.15, -0.1) is 5.10 Å². The number of methoxy groups -OCH3 is 1. The minimum Gasteiger partial charge on any atom is -0.497 e. The van der Waals surface area contributed by atoms with Gasteiger partial charge in [-0.1, -0.05) is 29.8 Å². The summed E-state index contributed by atoms with van der Waals surface area (Å²) in [4.78, 5) is 16.6. The lowest BCUT2D eigenvalue weighted by Crippen LogP contribution is -2.27. The number of carbonyl (C=O) groups is 1. The largest absolute Gasteiger partial charge is 0.497 e. The molecule has 0 saturated carbocycles. The molecule has 0 aliphatic carbocycles. The molecule has 0 aliphatic heterocycles. The van der Waals surface area contributed by atoms with Gasteiger partial charge in [-0.05, 0) is 31.2 Å². The molecular weight excluding hydrogens is 332 g/mol. The third kappa shape index (κ3) is 3.73. The summed E-state index contributed by atoms with van der Waals surface area (Å²) in [6, 6.07) is 15.2. The van der Waals surface area contributed by atoms with Crippen LogP contribution in [0.3, 0.4) is 0 Å². The maximum absolute atomic E-state index is 12.2. The van der Waals surface area contributed by atoms with Gasteiger partial charge >= 0.3 is 0 Å². The van der Waals surface area contributed by atoms with Gasteiger partial charge in [-0.2, -0.15) is 0 Å². The number of aryl methyl sites for hydroxylation is 1. The molecule has 0 radical (unpaired) electrons. The van der Waals surface area contributed by atoms with Crippen LogP contribution in [0.25, 0.3) is 17.1 Å². The third-order valence-electron chi connectivity index (χ3n) is 3.83. The summed E-state index contributed by atoms with van der Waals surface area (Å²) in [5.74, 6) is 0.903. The van der Waals surface area contributed by atoms with Gasteiger partial charge in [-0.3, -0.25) is 4.79 Å². The number of nitrogens with zero attached hydrogens (tertiary/aromatic N) is 3. The summed E-state index contributed by atoms with van der Waals surface area (Å²) in [5.41, 5.74) is 2.74. The van der Waals surface area contributed by atoms with E-state index in [0.717, 1.165) is 22.6 Å². The van der Waals surface area contributed by atoms with Gasteiger partial charge in [-0.25, -0.2) is 9.67 Å². The highest BCUT2D eigenvalue weighted by Crippen LogP contribution is 2.23. The molecule has 134 valence electrons. The van der Waals surface area contributed by atoms with Crippen LogP contribution in [0.1, 0.15) is 16.2 Å². The van der Waals surface area contributed by atoms with E-state index in [1.165, 1.54) is 0 Å². The second-order valence-electron chi connectivity index (χ2n) is 5.71. The van der Waals surface area contributed by atoms with Crippen molar-refractivity contribution in [2.45, 2.75) is 6.92 Å². The number of nitrogens with one attached hydrogen (secondary N) is 1. The minimum absolute atomic E-state index is 0.0462. The van der Waals surface area contributed by atoms with E-state index in [4.69, 9.17) is 9.84 Å². The van der Waals surface area contributed by atoms with Crippen molar-refractivity contribution >= 4 is 5.91 Å². The molecule has 0 spiro atoms. The molecule has 7 nitrogen and oxygen atoms in total. The predicted octanol–water partition coefficient (Wildman–Crippen LogP) is 1.97. The Hall–Kier alpha value is -3.19. The van der Waals surface area contributed by atoms with Gasteiger partial charge < -0.3 is 15.2 Å². The molecule has 1 aromatic heterocycles. The quantitative estimate of drug-likeness (QED) is 0.708. The molecule has 1 amide bonds. The van der Waals surface area contributed by atoms with Crippen LogP contribution in [0.15, 0.2) is 48.5 Å². The van der Waals surface area contributed by atoms with Gasteiger partial charge in [0.1, 0.15) is 5.75 Å². The molecule has 26 heavy (non-hydrogen) atoms. The number of aliphatic hydroxyl groups is 1. The second kappa shape index (κ2) is 7.79. The number of hydrogen-bond donors (Lipinski definition) is 2. The third-order valence-corrected chi connectivity index (χ3v) is 3.83. The number of hydrogen-bond acceptors (Lipinski definition) is 5. The Kier molecular flexibility index (Phi) is 5.28. The number of ether oxygens (including phenoxy) is 1. The van der Waals surface area contributed by atoms with Crippen molar-refractivity contribution in [3.8, 4) is 22.8 Å². The van der Waals surface area contributed by atoms with Crippen molar-refractivity contribution in [2.24, 2.45) is 0 Å². The molecule has 7 heteroatoms. The zero-order valence-electron chi connectivity index (χ0n) is 14.6. The molecule has 0 bridgehead atoms. The van der Waals surface area contributed by atoms with Crippen molar-refractivity contribution in [3.05, 3.63) is 59.9 Å². The van der Waals surface area contributed by atoms with Crippen LogP contribution in [0.4, 0.5) is 0 Å². The number of carbonyl (C=O) groups excluding carboxylic acids is 1. The summed E-state index contributed by atoms with van der Waals surface area (Å²) >= 11 is 0. The average molecular weight is 352 g/mol. The van der Waals surface area contributed by atoms with E-state index in [-0.39, 0.29) is 19.0 Å². The fraction of sp³-hybridized carbons (Fsp3) is 0.211. The summed E-state index contributed by atoms with van der Waals surface area (Å²) in [6.45, 7) is 2.01. The summed E-state index contributed by atoms with van der Waals surface area (Å²) in [5, 5.41) is 15.8. The highest BCUT2D eigenvalue weighted by Gasteiger charge is 2.18. The van der Waals surface area contributed by atoms with E-state index in [1.807, 2.05) is 55.5 Å². The lowest BCUT2D eigenvalue weighted by atomic mass is 10.1. The van der Waals surface area contributed by atoms with Crippen LogP contribution in [-0.4, -0.2) is 46.0 Å². The van der Waals surface area contributed by atoms with Crippen molar-refractivity contribution in [2.75, 3.05) is 20.3 Å². The summed E-state index contributed by atoms with van der Waals surface area (Å²) in [7, 11) is 1.60. The van der Waals surface area contributed by atoms with Crippen LogP contribution in [0.2, 0.25) is 0 Å². The molecule has 0 atom stereocenters. The zero-order chi connectivity index (χ0) is 18.5. The van der Waals surface area contributed by atoms with Crippen LogP contribution in [0, 0.1) is 6.92 Å². The van der Waals surface area contributed by atoms with E-state index in [0.29, 0.717) is 5.82 Å². The molecule has 3 rings (SSSR count). The van der Waals surface area contributed by atoms with E-state index in [9.17, 15) is 4.79 Å². The number of rotatable bonds is 6. The lowest BCUT2D eigenvalue weighted by molar-refractivity contribution is 0.0934. The van der Waals surface area contributed by atoms with E-state index < -0.39 is 5.91 Å². The predicted molar refractivity (Wildman–Crippen MR) is 97.5 cm³/mol. The van der Waals surface area contributed by atoms with Crippen LogP contribution < -0.4 is 10.1 Å². The fourth-order valence-corrected chi connectivity index (χ4v) is 2.45. The number of benzene rings is 2. The maximum atomic E-state index is 12.2. The Morgan fingerprint density at radius 3 is 2.46 bits per heavy atom. The van der Waals surface area contributed by atoms with E-state index in [1.54, 1.807) is 11.8 Å².